The van der Waals surface area contributed by atoms with Crippen molar-refractivity contribution in [3.63, 3.8) is 0 Å². The Morgan fingerprint density at radius 1 is 1.06 bits per heavy atom. The Bertz CT molecular complexity index is 1270. The van der Waals surface area contributed by atoms with Crippen LogP contribution in [0.3, 0.4) is 0 Å². The molecule has 8 nitrogen and oxygen atoms in total. The first kappa shape index (κ1) is 23.6. The van der Waals surface area contributed by atoms with Gasteiger partial charge in [0, 0.05) is 57.6 Å². The average molecular weight is 478 g/mol. The molecule has 0 aliphatic carbocycles. The summed E-state index contributed by atoms with van der Waals surface area (Å²) < 4.78 is 8.84. The van der Waals surface area contributed by atoms with Crippen molar-refractivity contribution in [3.05, 3.63) is 46.9 Å². The van der Waals surface area contributed by atoms with Crippen molar-refractivity contribution in [3.8, 4) is 11.3 Å². The molecule has 2 aromatic heterocycles. The van der Waals surface area contributed by atoms with Crippen molar-refractivity contribution in [2.75, 3.05) is 44.3 Å². The molecule has 0 N–H and O–H groups in total. The molecule has 1 unspecified atom stereocenters. The number of imidazole rings is 1. The first-order valence-electron chi connectivity index (χ1n) is 12.5. The number of aromatic nitrogens is 3. The average Bonchev–Trinajstić information content (AvgIpc) is 3.47. The Morgan fingerprint density at radius 3 is 2.40 bits per heavy atom. The third-order valence-electron chi connectivity index (χ3n) is 7.01. The Morgan fingerprint density at radius 2 is 1.77 bits per heavy atom. The molecule has 0 radical (unpaired) electrons. The van der Waals surface area contributed by atoms with Crippen LogP contribution in [0.4, 0.5) is 5.69 Å². The second-order valence-electron chi connectivity index (χ2n) is 10.9. The summed E-state index contributed by atoms with van der Waals surface area (Å²) in [7, 11) is 1.79. The van der Waals surface area contributed by atoms with Crippen molar-refractivity contribution in [2.45, 2.75) is 33.7 Å². The molecule has 4 heterocycles. The molecule has 2 aliphatic rings. The molecule has 1 aromatic carbocycles. The van der Waals surface area contributed by atoms with Crippen molar-refractivity contribution in [1.82, 2.24) is 19.0 Å². The van der Waals surface area contributed by atoms with E-state index in [0.717, 1.165) is 55.1 Å². The highest BCUT2D eigenvalue weighted by molar-refractivity contribution is 5.80. The number of hydrogen-bond donors (Lipinski definition) is 0. The van der Waals surface area contributed by atoms with Gasteiger partial charge in [0.05, 0.1) is 23.7 Å². The minimum absolute atomic E-state index is 0.00367. The topological polar surface area (TPSA) is 72.6 Å². The number of amides is 1. The fourth-order valence-electron chi connectivity index (χ4n) is 5.08. The van der Waals surface area contributed by atoms with Gasteiger partial charge in [-0.05, 0) is 36.1 Å². The summed E-state index contributed by atoms with van der Waals surface area (Å²) in [5.74, 6) is 0.278. The van der Waals surface area contributed by atoms with Gasteiger partial charge in [0.2, 0.25) is 5.91 Å². The number of pyridine rings is 1. The number of piperazine rings is 1. The van der Waals surface area contributed by atoms with Gasteiger partial charge in [-0.25, -0.2) is 9.78 Å². The van der Waals surface area contributed by atoms with Gasteiger partial charge in [-0.1, -0.05) is 32.9 Å². The van der Waals surface area contributed by atoms with Crippen LogP contribution in [0.15, 0.2) is 41.2 Å². The zero-order chi connectivity index (χ0) is 24.7. The standard InChI is InChI=1S/C27H35N5O3/c1-27(2,3)18-32-23-10-9-22(28-24(23)29(4)26(32)34)19-5-7-21(8-6-19)30-12-14-31(15-13-30)25(33)20-11-16-35-17-20/h5-10,20H,11-18H2,1-4H3. The van der Waals surface area contributed by atoms with Crippen LogP contribution in [0.1, 0.15) is 27.2 Å². The highest BCUT2D eigenvalue weighted by Crippen LogP contribution is 2.26. The predicted octanol–water partition coefficient (Wildman–Crippen LogP) is 3.13. The summed E-state index contributed by atoms with van der Waals surface area (Å²) in [5, 5.41) is 0. The Kier molecular flexibility index (Phi) is 6.17. The quantitative estimate of drug-likeness (QED) is 0.577. The smallest absolute Gasteiger partial charge is 0.330 e. The number of fused-ring (bicyclic) bond motifs is 1. The minimum atomic E-state index is -0.0343. The molecule has 1 amide bonds. The van der Waals surface area contributed by atoms with E-state index in [2.05, 4.69) is 49.9 Å². The molecule has 3 aromatic rings. The number of hydrogen-bond acceptors (Lipinski definition) is 5. The molecule has 0 spiro atoms. The Labute approximate surface area is 206 Å². The largest absolute Gasteiger partial charge is 0.381 e. The van der Waals surface area contributed by atoms with E-state index in [9.17, 15) is 9.59 Å². The van der Waals surface area contributed by atoms with E-state index in [1.807, 2.05) is 21.6 Å². The van der Waals surface area contributed by atoms with Crippen molar-refractivity contribution >= 4 is 22.8 Å². The molecule has 8 heteroatoms. The number of aryl methyl sites for hydroxylation is 1. The van der Waals surface area contributed by atoms with Crippen LogP contribution in [0.5, 0.6) is 0 Å². The SMILES string of the molecule is Cn1c(=O)n(CC(C)(C)C)c2ccc(-c3ccc(N4CCN(C(=O)C5CCOC5)CC4)cc3)nc21. The summed E-state index contributed by atoms with van der Waals surface area (Å²) in [5.41, 5.74) is 4.54. The van der Waals surface area contributed by atoms with E-state index in [1.165, 1.54) is 0 Å². The number of carbonyl (C=O) groups excluding carboxylic acids is 1. The fraction of sp³-hybridized carbons (Fsp3) is 0.519. The van der Waals surface area contributed by atoms with Gasteiger partial charge in [0.15, 0.2) is 5.65 Å². The highest BCUT2D eigenvalue weighted by atomic mass is 16.5. The number of rotatable bonds is 4. The fourth-order valence-corrected chi connectivity index (χ4v) is 5.08. The maximum atomic E-state index is 12.8. The first-order chi connectivity index (χ1) is 16.7. The lowest BCUT2D eigenvalue weighted by molar-refractivity contribution is -0.135. The van der Waals surface area contributed by atoms with Gasteiger partial charge in [0.1, 0.15) is 0 Å². The van der Waals surface area contributed by atoms with Crippen LogP contribution >= 0.6 is 0 Å². The van der Waals surface area contributed by atoms with E-state index in [-0.39, 0.29) is 22.9 Å². The maximum absolute atomic E-state index is 12.8. The lowest BCUT2D eigenvalue weighted by atomic mass is 9.97. The second kappa shape index (κ2) is 9.15. The highest BCUT2D eigenvalue weighted by Gasteiger charge is 2.30. The lowest BCUT2D eigenvalue weighted by Gasteiger charge is -2.37. The molecule has 2 fully saturated rings. The number of benzene rings is 1. The van der Waals surface area contributed by atoms with Crippen molar-refractivity contribution in [2.24, 2.45) is 18.4 Å². The van der Waals surface area contributed by atoms with Crippen LogP contribution in [-0.4, -0.2) is 64.3 Å². The van der Waals surface area contributed by atoms with E-state index < -0.39 is 0 Å². The van der Waals surface area contributed by atoms with Gasteiger partial charge in [0.25, 0.3) is 0 Å². The summed E-state index contributed by atoms with van der Waals surface area (Å²) >= 11 is 0. The van der Waals surface area contributed by atoms with Crippen LogP contribution in [0.25, 0.3) is 22.4 Å². The summed E-state index contributed by atoms with van der Waals surface area (Å²) in [6.45, 7) is 11.4. The number of carbonyl (C=O) groups is 1. The summed E-state index contributed by atoms with van der Waals surface area (Å²) in [4.78, 5) is 34.6. The van der Waals surface area contributed by atoms with Crippen LogP contribution < -0.4 is 10.6 Å². The summed E-state index contributed by atoms with van der Waals surface area (Å²) in [6.07, 6.45) is 0.843. The summed E-state index contributed by atoms with van der Waals surface area (Å²) in [6, 6.07) is 12.4. The van der Waals surface area contributed by atoms with Crippen molar-refractivity contribution in [1.29, 1.82) is 0 Å². The molecule has 2 saturated heterocycles. The third kappa shape index (κ3) is 4.72. The normalized spacial score (nSPS) is 19.0. The van der Waals surface area contributed by atoms with Crippen LogP contribution in [-0.2, 0) is 23.1 Å². The molecule has 5 rings (SSSR count). The first-order valence-corrected chi connectivity index (χ1v) is 12.5. The minimum Gasteiger partial charge on any atom is -0.381 e. The Hall–Kier alpha value is -3.13. The van der Waals surface area contributed by atoms with Gasteiger partial charge in [-0.2, -0.15) is 0 Å². The van der Waals surface area contributed by atoms with Crippen molar-refractivity contribution < 1.29 is 9.53 Å². The van der Waals surface area contributed by atoms with Gasteiger partial charge in [-0.3, -0.25) is 13.9 Å². The molecule has 35 heavy (non-hydrogen) atoms. The molecular formula is C27H35N5O3. The van der Waals surface area contributed by atoms with Crippen LogP contribution in [0, 0.1) is 11.3 Å². The molecular weight excluding hydrogens is 442 g/mol. The van der Waals surface area contributed by atoms with E-state index in [4.69, 9.17) is 9.72 Å². The zero-order valence-electron chi connectivity index (χ0n) is 21.2. The predicted molar refractivity (Wildman–Crippen MR) is 138 cm³/mol. The Balaban J connectivity index is 1.30. The molecule has 0 saturated carbocycles. The molecule has 1 atom stereocenters. The second-order valence-corrected chi connectivity index (χ2v) is 10.9. The number of ether oxygens (including phenoxy) is 1. The maximum Gasteiger partial charge on any atom is 0.330 e. The van der Waals surface area contributed by atoms with E-state index in [1.54, 1.807) is 11.6 Å². The number of anilines is 1. The van der Waals surface area contributed by atoms with Gasteiger partial charge in [-0.15, -0.1) is 0 Å². The van der Waals surface area contributed by atoms with Gasteiger partial charge >= 0.3 is 5.69 Å². The molecule has 0 bridgehead atoms. The monoisotopic (exact) mass is 477 g/mol. The van der Waals surface area contributed by atoms with Crippen LogP contribution in [0.2, 0.25) is 0 Å². The van der Waals surface area contributed by atoms with Gasteiger partial charge < -0.3 is 14.5 Å². The third-order valence-corrected chi connectivity index (χ3v) is 7.01. The van der Waals surface area contributed by atoms with E-state index >= 15 is 0 Å². The molecule has 186 valence electrons. The number of nitrogens with zero attached hydrogens (tertiary/aromatic N) is 5. The van der Waals surface area contributed by atoms with E-state index in [0.29, 0.717) is 25.4 Å². The molecule has 2 aliphatic heterocycles. The zero-order valence-corrected chi connectivity index (χ0v) is 21.2. The lowest BCUT2D eigenvalue weighted by Crippen LogP contribution is -2.50.